The van der Waals surface area contributed by atoms with Crippen molar-refractivity contribution in [1.82, 2.24) is 5.32 Å². The van der Waals surface area contributed by atoms with E-state index in [1.54, 1.807) is 18.2 Å². The molecule has 106 valence electrons. The third-order valence-corrected chi connectivity index (χ3v) is 3.09. The fraction of sp³-hybridized carbons (Fsp3) is 0.533. The van der Waals surface area contributed by atoms with Crippen molar-refractivity contribution in [2.75, 3.05) is 0 Å². The molecule has 0 radical (unpaired) electrons. The number of hydrogen-bond donors (Lipinski definition) is 2. The predicted molar refractivity (Wildman–Crippen MR) is 75.1 cm³/mol. The van der Waals surface area contributed by atoms with Gasteiger partial charge in [-0.25, -0.2) is 4.39 Å². The molecule has 0 fully saturated rings. The van der Waals surface area contributed by atoms with E-state index in [2.05, 4.69) is 5.32 Å². The van der Waals surface area contributed by atoms with E-state index in [-0.39, 0.29) is 23.2 Å². The third-order valence-electron chi connectivity index (χ3n) is 3.09. The van der Waals surface area contributed by atoms with E-state index < -0.39 is 6.04 Å². The minimum Gasteiger partial charge on any atom is -0.352 e. The Morgan fingerprint density at radius 1 is 1.37 bits per heavy atom. The summed E-state index contributed by atoms with van der Waals surface area (Å²) < 4.78 is 13.5. The monoisotopic (exact) mass is 266 g/mol. The van der Waals surface area contributed by atoms with Crippen molar-refractivity contribution in [3.63, 3.8) is 0 Å². The quantitative estimate of drug-likeness (QED) is 0.878. The van der Waals surface area contributed by atoms with Crippen LogP contribution in [0.1, 0.15) is 33.3 Å². The summed E-state index contributed by atoms with van der Waals surface area (Å²) in [6, 6.07) is 5.85. The Bertz CT molecular complexity index is 440. The van der Waals surface area contributed by atoms with Crippen molar-refractivity contribution in [3.8, 4) is 0 Å². The summed E-state index contributed by atoms with van der Waals surface area (Å²) in [7, 11) is 0. The molecule has 1 amide bonds. The molecule has 0 saturated heterocycles. The number of benzene rings is 1. The molecule has 19 heavy (non-hydrogen) atoms. The lowest BCUT2D eigenvalue weighted by molar-refractivity contribution is -0.125. The van der Waals surface area contributed by atoms with Crippen LogP contribution < -0.4 is 11.1 Å². The average Bonchev–Trinajstić information content (AvgIpc) is 2.29. The Balaban J connectivity index is 2.59. The number of rotatable bonds is 4. The Morgan fingerprint density at radius 3 is 2.47 bits per heavy atom. The SMILES string of the molecule is CC(Cc1ccccc1F)NC(=O)[C@@H](N)C(C)(C)C. The molecule has 3 N–H and O–H groups in total. The Morgan fingerprint density at radius 2 is 1.95 bits per heavy atom. The van der Waals surface area contributed by atoms with Gasteiger partial charge in [0.25, 0.3) is 0 Å². The molecule has 1 aromatic rings. The first-order chi connectivity index (χ1) is 8.71. The molecule has 0 bridgehead atoms. The maximum atomic E-state index is 13.5. The molecule has 1 rings (SSSR count). The van der Waals surface area contributed by atoms with Gasteiger partial charge in [0.15, 0.2) is 0 Å². The number of halogens is 1. The second-order valence-electron chi connectivity index (χ2n) is 6.05. The number of carbonyl (C=O) groups is 1. The molecular weight excluding hydrogens is 243 g/mol. The molecule has 3 nitrogen and oxygen atoms in total. The first kappa shape index (κ1) is 15.6. The van der Waals surface area contributed by atoms with Crippen LogP contribution in [-0.4, -0.2) is 18.0 Å². The van der Waals surface area contributed by atoms with Gasteiger partial charge in [0, 0.05) is 6.04 Å². The van der Waals surface area contributed by atoms with E-state index in [4.69, 9.17) is 5.73 Å². The second kappa shape index (κ2) is 6.15. The van der Waals surface area contributed by atoms with Crippen molar-refractivity contribution in [1.29, 1.82) is 0 Å². The molecule has 0 aliphatic carbocycles. The van der Waals surface area contributed by atoms with Crippen LogP contribution in [0.25, 0.3) is 0 Å². The maximum absolute atomic E-state index is 13.5. The molecule has 0 heterocycles. The van der Waals surface area contributed by atoms with Gasteiger partial charge in [-0.05, 0) is 30.4 Å². The van der Waals surface area contributed by atoms with Gasteiger partial charge in [-0.15, -0.1) is 0 Å². The van der Waals surface area contributed by atoms with Gasteiger partial charge in [-0.2, -0.15) is 0 Å². The van der Waals surface area contributed by atoms with E-state index in [1.807, 2.05) is 27.7 Å². The summed E-state index contributed by atoms with van der Waals surface area (Å²) in [5.41, 5.74) is 6.19. The van der Waals surface area contributed by atoms with Gasteiger partial charge in [0.1, 0.15) is 5.82 Å². The number of nitrogens with one attached hydrogen (secondary N) is 1. The predicted octanol–water partition coefficient (Wildman–Crippen LogP) is 2.25. The lowest BCUT2D eigenvalue weighted by Gasteiger charge is -2.27. The molecule has 0 aromatic heterocycles. The van der Waals surface area contributed by atoms with Crippen LogP contribution in [0.2, 0.25) is 0 Å². The molecule has 0 aliphatic rings. The smallest absolute Gasteiger partial charge is 0.237 e. The first-order valence-corrected chi connectivity index (χ1v) is 6.51. The van der Waals surface area contributed by atoms with E-state index in [9.17, 15) is 9.18 Å². The van der Waals surface area contributed by atoms with Crippen molar-refractivity contribution in [2.24, 2.45) is 11.1 Å². The van der Waals surface area contributed by atoms with Gasteiger partial charge >= 0.3 is 0 Å². The van der Waals surface area contributed by atoms with Crippen LogP contribution in [0.3, 0.4) is 0 Å². The molecule has 1 unspecified atom stereocenters. The Labute approximate surface area is 114 Å². The van der Waals surface area contributed by atoms with Crippen LogP contribution >= 0.6 is 0 Å². The molecule has 1 aromatic carbocycles. The van der Waals surface area contributed by atoms with Crippen LogP contribution in [0, 0.1) is 11.2 Å². The fourth-order valence-electron chi connectivity index (χ4n) is 1.77. The first-order valence-electron chi connectivity index (χ1n) is 6.51. The third kappa shape index (κ3) is 4.63. The number of carbonyl (C=O) groups excluding carboxylic acids is 1. The summed E-state index contributed by atoms with van der Waals surface area (Å²) in [5.74, 6) is -0.444. The van der Waals surface area contributed by atoms with Crippen LogP contribution in [0.15, 0.2) is 24.3 Å². The van der Waals surface area contributed by atoms with E-state index in [0.29, 0.717) is 12.0 Å². The van der Waals surface area contributed by atoms with Gasteiger partial charge in [0.05, 0.1) is 6.04 Å². The van der Waals surface area contributed by atoms with Gasteiger partial charge in [0.2, 0.25) is 5.91 Å². The van der Waals surface area contributed by atoms with E-state index >= 15 is 0 Å². The summed E-state index contributed by atoms with van der Waals surface area (Å²) in [6.07, 6.45) is 0.454. The standard InChI is InChI=1S/C15H23FN2O/c1-10(9-11-7-5-6-8-12(11)16)18-14(19)13(17)15(2,3)4/h5-8,10,13H,9,17H2,1-4H3,(H,18,19)/t10?,13-/m1/s1. The zero-order chi connectivity index (χ0) is 14.6. The minimum atomic E-state index is -0.574. The topological polar surface area (TPSA) is 55.1 Å². The molecule has 0 spiro atoms. The number of hydrogen-bond acceptors (Lipinski definition) is 2. The molecule has 0 aliphatic heterocycles. The average molecular weight is 266 g/mol. The maximum Gasteiger partial charge on any atom is 0.237 e. The summed E-state index contributed by atoms with van der Waals surface area (Å²) in [5, 5.41) is 2.83. The zero-order valence-corrected chi connectivity index (χ0v) is 12.0. The normalized spacial score (nSPS) is 14.8. The Hall–Kier alpha value is -1.42. The highest BCUT2D eigenvalue weighted by atomic mass is 19.1. The molecule has 0 saturated carbocycles. The Kier molecular flexibility index (Phi) is 5.06. The summed E-state index contributed by atoms with van der Waals surface area (Å²) in [4.78, 5) is 11.9. The van der Waals surface area contributed by atoms with Gasteiger partial charge < -0.3 is 11.1 Å². The summed E-state index contributed by atoms with van der Waals surface area (Å²) >= 11 is 0. The highest BCUT2D eigenvalue weighted by Crippen LogP contribution is 2.17. The fourth-order valence-corrected chi connectivity index (χ4v) is 1.77. The zero-order valence-electron chi connectivity index (χ0n) is 12.0. The molecular formula is C15H23FN2O. The van der Waals surface area contributed by atoms with E-state index in [1.165, 1.54) is 6.07 Å². The van der Waals surface area contributed by atoms with Crippen molar-refractivity contribution < 1.29 is 9.18 Å². The highest BCUT2D eigenvalue weighted by Gasteiger charge is 2.28. The number of nitrogens with two attached hydrogens (primary N) is 1. The van der Waals surface area contributed by atoms with Crippen molar-refractivity contribution in [2.45, 2.75) is 46.2 Å². The molecule has 2 atom stereocenters. The van der Waals surface area contributed by atoms with Crippen LogP contribution in [0.4, 0.5) is 4.39 Å². The van der Waals surface area contributed by atoms with E-state index in [0.717, 1.165) is 0 Å². The van der Waals surface area contributed by atoms with Crippen molar-refractivity contribution in [3.05, 3.63) is 35.6 Å². The van der Waals surface area contributed by atoms with Crippen LogP contribution in [0.5, 0.6) is 0 Å². The van der Waals surface area contributed by atoms with Gasteiger partial charge in [-0.1, -0.05) is 39.0 Å². The second-order valence-corrected chi connectivity index (χ2v) is 6.05. The highest BCUT2D eigenvalue weighted by molar-refractivity contribution is 5.82. The van der Waals surface area contributed by atoms with Gasteiger partial charge in [-0.3, -0.25) is 4.79 Å². The molecule has 4 heteroatoms. The number of amides is 1. The van der Waals surface area contributed by atoms with Crippen molar-refractivity contribution >= 4 is 5.91 Å². The lowest BCUT2D eigenvalue weighted by Crippen LogP contribution is -2.51. The van der Waals surface area contributed by atoms with Crippen LogP contribution in [-0.2, 0) is 11.2 Å². The minimum absolute atomic E-state index is 0.155. The largest absolute Gasteiger partial charge is 0.352 e. The lowest BCUT2D eigenvalue weighted by atomic mass is 9.87. The summed E-state index contributed by atoms with van der Waals surface area (Å²) in [6.45, 7) is 7.59.